The molecule has 1 atom stereocenters. The summed E-state index contributed by atoms with van der Waals surface area (Å²) in [7, 11) is 1.60. The van der Waals surface area contributed by atoms with Crippen molar-refractivity contribution in [2.24, 2.45) is 7.05 Å². The summed E-state index contributed by atoms with van der Waals surface area (Å²) < 4.78 is 1.44. The van der Waals surface area contributed by atoms with Crippen molar-refractivity contribution in [3.05, 3.63) is 57.9 Å². The number of hydrogen-bond donors (Lipinski definition) is 1. The summed E-state index contributed by atoms with van der Waals surface area (Å²) in [5, 5.41) is 13.5. The maximum atomic E-state index is 12.3. The first-order chi connectivity index (χ1) is 9.90. The molecule has 2 rings (SSSR count). The van der Waals surface area contributed by atoms with E-state index >= 15 is 0 Å². The second-order valence-corrected chi connectivity index (χ2v) is 5.98. The standard InChI is InChI=1S/C14H14BrN3O3/c1-9(15)11-5-3-4-6-12(11)16-14(19)13-7-10(18(20)21)8-17(13)2/h3-9H,1-2H3,(H,16,19). The Balaban J connectivity index is 2.28. The van der Waals surface area contributed by atoms with Gasteiger partial charge in [0.25, 0.3) is 11.6 Å². The van der Waals surface area contributed by atoms with Crippen molar-refractivity contribution in [3.8, 4) is 0 Å². The van der Waals surface area contributed by atoms with Gasteiger partial charge in [-0.1, -0.05) is 34.1 Å². The van der Waals surface area contributed by atoms with Gasteiger partial charge in [0.15, 0.2) is 0 Å². The summed E-state index contributed by atoms with van der Waals surface area (Å²) in [6.45, 7) is 1.96. The van der Waals surface area contributed by atoms with E-state index in [4.69, 9.17) is 0 Å². The fourth-order valence-electron chi connectivity index (χ4n) is 2.02. The number of benzene rings is 1. The van der Waals surface area contributed by atoms with Gasteiger partial charge in [0.05, 0.1) is 11.1 Å². The third-order valence-corrected chi connectivity index (χ3v) is 3.56. The minimum atomic E-state index is -0.523. The van der Waals surface area contributed by atoms with Crippen molar-refractivity contribution in [1.82, 2.24) is 4.57 Å². The third kappa shape index (κ3) is 3.30. The monoisotopic (exact) mass is 351 g/mol. The van der Waals surface area contributed by atoms with Crippen LogP contribution in [0.1, 0.15) is 27.8 Å². The zero-order chi connectivity index (χ0) is 15.6. The number of nitrogens with zero attached hydrogens (tertiary/aromatic N) is 2. The van der Waals surface area contributed by atoms with Gasteiger partial charge in [-0.15, -0.1) is 0 Å². The predicted octanol–water partition coefficient (Wildman–Crippen LogP) is 3.64. The maximum Gasteiger partial charge on any atom is 0.287 e. The average Bonchev–Trinajstić information content (AvgIpc) is 2.81. The molecule has 1 N–H and O–H groups in total. The molecule has 1 amide bonds. The molecule has 1 heterocycles. The van der Waals surface area contributed by atoms with Crippen molar-refractivity contribution in [2.45, 2.75) is 11.8 Å². The maximum absolute atomic E-state index is 12.3. The van der Waals surface area contributed by atoms with Crippen molar-refractivity contribution in [3.63, 3.8) is 0 Å². The minimum absolute atomic E-state index is 0.0803. The lowest BCUT2D eigenvalue weighted by Crippen LogP contribution is -2.16. The molecule has 0 aliphatic heterocycles. The zero-order valence-corrected chi connectivity index (χ0v) is 13.1. The fraction of sp³-hybridized carbons (Fsp3) is 0.214. The van der Waals surface area contributed by atoms with Crippen LogP contribution in [0.2, 0.25) is 0 Å². The molecule has 0 saturated carbocycles. The zero-order valence-electron chi connectivity index (χ0n) is 11.5. The van der Waals surface area contributed by atoms with Crippen LogP contribution < -0.4 is 5.32 Å². The van der Waals surface area contributed by atoms with E-state index in [1.54, 1.807) is 13.1 Å². The van der Waals surface area contributed by atoms with Crippen molar-refractivity contribution < 1.29 is 9.72 Å². The number of anilines is 1. The van der Waals surface area contributed by atoms with Crippen molar-refractivity contribution in [2.75, 3.05) is 5.32 Å². The highest BCUT2D eigenvalue weighted by Crippen LogP contribution is 2.29. The Labute approximate surface area is 130 Å². The molecule has 1 aromatic heterocycles. The molecule has 0 spiro atoms. The lowest BCUT2D eigenvalue weighted by atomic mass is 10.1. The van der Waals surface area contributed by atoms with Gasteiger partial charge in [-0.25, -0.2) is 0 Å². The normalized spacial score (nSPS) is 12.0. The van der Waals surface area contributed by atoms with Crippen molar-refractivity contribution >= 4 is 33.2 Å². The van der Waals surface area contributed by atoms with Gasteiger partial charge in [0.1, 0.15) is 5.69 Å². The number of amides is 1. The third-order valence-electron chi connectivity index (χ3n) is 3.07. The summed E-state index contributed by atoms with van der Waals surface area (Å²) in [5.41, 5.74) is 1.74. The van der Waals surface area contributed by atoms with E-state index < -0.39 is 4.92 Å². The molecule has 110 valence electrons. The van der Waals surface area contributed by atoms with Crippen LogP contribution in [-0.2, 0) is 7.05 Å². The van der Waals surface area contributed by atoms with Crippen LogP contribution in [0.15, 0.2) is 36.5 Å². The van der Waals surface area contributed by atoms with Crippen LogP contribution in [0.25, 0.3) is 0 Å². The second-order valence-electron chi connectivity index (χ2n) is 4.61. The number of nitro groups is 1. The van der Waals surface area contributed by atoms with E-state index in [9.17, 15) is 14.9 Å². The number of halogens is 1. The lowest BCUT2D eigenvalue weighted by Gasteiger charge is -2.12. The summed E-state index contributed by atoms with van der Waals surface area (Å²) >= 11 is 3.47. The minimum Gasteiger partial charge on any atom is -0.340 e. The lowest BCUT2D eigenvalue weighted by molar-refractivity contribution is -0.384. The molecule has 1 aromatic carbocycles. The Kier molecular flexibility index (Phi) is 4.42. The number of carbonyl (C=O) groups excluding carboxylic acids is 1. The van der Waals surface area contributed by atoms with Crippen LogP contribution in [0.3, 0.4) is 0 Å². The molecule has 21 heavy (non-hydrogen) atoms. The molecule has 0 saturated heterocycles. The van der Waals surface area contributed by atoms with Gasteiger partial charge < -0.3 is 9.88 Å². The molecule has 0 aliphatic rings. The molecule has 6 nitrogen and oxygen atoms in total. The van der Waals surface area contributed by atoms with E-state index in [0.717, 1.165) is 5.56 Å². The first kappa shape index (κ1) is 15.2. The Morgan fingerprint density at radius 3 is 2.67 bits per heavy atom. The molecule has 7 heteroatoms. The summed E-state index contributed by atoms with van der Waals surface area (Å²) in [6, 6.07) is 8.67. The van der Waals surface area contributed by atoms with Crippen LogP contribution in [-0.4, -0.2) is 15.4 Å². The number of aryl methyl sites for hydroxylation is 1. The molecule has 0 radical (unpaired) electrons. The molecule has 1 unspecified atom stereocenters. The van der Waals surface area contributed by atoms with E-state index in [1.165, 1.54) is 16.8 Å². The summed E-state index contributed by atoms with van der Waals surface area (Å²) in [4.78, 5) is 22.6. The molecule has 0 fully saturated rings. The van der Waals surface area contributed by atoms with E-state index in [-0.39, 0.29) is 22.1 Å². The van der Waals surface area contributed by atoms with Crippen LogP contribution in [0.5, 0.6) is 0 Å². The van der Waals surface area contributed by atoms with Gasteiger partial charge in [-0.3, -0.25) is 14.9 Å². The van der Waals surface area contributed by atoms with Crippen LogP contribution in [0.4, 0.5) is 11.4 Å². The van der Waals surface area contributed by atoms with Gasteiger partial charge in [-0.2, -0.15) is 0 Å². The number of hydrogen-bond acceptors (Lipinski definition) is 3. The van der Waals surface area contributed by atoms with Crippen molar-refractivity contribution in [1.29, 1.82) is 0 Å². The van der Waals surface area contributed by atoms with Crippen LogP contribution >= 0.6 is 15.9 Å². The Morgan fingerprint density at radius 1 is 1.43 bits per heavy atom. The largest absolute Gasteiger partial charge is 0.340 e. The number of carbonyl (C=O) groups is 1. The quantitative estimate of drug-likeness (QED) is 0.518. The van der Waals surface area contributed by atoms with Gasteiger partial charge >= 0.3 is 0 Å². The smallest absolute Gasteiger partial charge is 0.287 e. The number of para-hydroxylation sites is 1. The molecular weight excluding hydrogens is 338 g/mol. The highest BCUT2D eigenvalue weighted by Gasteiger charge is 2.18. The van der Waals surface area contributed by atoms with Crippen LogP contribution in [0, 0.1) is 10.1 Å². The first-order valence-corrected chi connectivity index (χ1v) is 7.17. The van der Waals surface area contributed by atoms with Gasteiger partial charge in [-0.05, 0) is 18.6 Å². The predicted molar refractivity (Wildman–Crippen MR) is 83.8 cm³/mol. The van der Waals surface area contributed by atoms with E-state index in [0.29, 0.717) is 5.69 Å². The highest BCUT2D eigenvalue weighted by atomic mass is 79.9. The topological polar surface area (TPSA) is 77.2 Å². The molecule has 0 aliphatic carbocycles. The number of alkyl halides is 1. The van der Waals surface area contributed by atoms with E-state index in [2.05, 4.69) is 21.2 Å². The van der Waals surface area contributed by atoms with Gasteiger partial charge in [0, 0.05) is 23.6 Å². The molecular formula is C14H14BrN3O3. The molecule has 2 aromatic rings. The fourth-order valence-corrected chi connectivity index (χ4v) is 2.42. The van der Waals surface area contributed by atoms with E-state index in [1.807, 2.05) is 25.1 Å². The second kappa shape index (κ2) is 6.09. The Hall–Kier alpha value is -2.15. The summed E-state index contributed by atoms with van der Waals surface area (Å²) in [6.07, 6.45) is 1.31. The number of rotatable bonds is 4. The summed E-state index contributed by atoms with van der Waals surface area (Å²) in [5.74, 6) is -0.383. The average molecular weight is 352 g/mol. The number of nitrogens with one attached hydrogen (secondary N) is 1. The number of aromatic nitrogens is 1. The highest BCUT2D eigenvalue weighted by molar-refractivity contribution is 9.09. The Bertz CT molecular complexity index is 695. The molecule has 0 bridgehead atoms. The SMILES string of the molecule is CC(Br)c1ccccc1NC(=O)c1cc([N+](=O)[O-])cn1C. The Morgan fingerprint density at radius 2 is 2.10 bits per heavy atom. The first-order valence-electron chi connectivity index (χ1n) is 6.25. The van der Waals surface area contributed by atoms with Gasteiger partial charge in [0.2, 0.25) is 0 Å².